The van der Waals surface area contributed by atoms with Crippen LogP contribution in [-0.2, 0) is 24.3 Å². The van der Waals surface area contributed by atoms with Gasteiger partial charge in [0.1, 0.15) is 18.0 Å². The number of alkyl carbamates (subject to hydrolysis) is 1. The minimum atomic E-state index is -0.655. The van der Waals surface area contributed by atoms with E-state index in [9.17, 15) is 9.59 Å². The number of fused-ring (bicyclic) bond motifs is 2. The maximum Gasteiger partial charge on any atom is 0.407 e. The van der Waals surface area contributed by atoms with Gasteiger partial charge in [-0.3, -0.25) is 14.5 Å². The molecule has 2 heterocycles. The highest BCUT2D eigenvalue weighted by molar-refractivity contribution is 6.17. The molecule has 8 rings (SSSR count). The number of hydrogen-bond acceptors (Lipinski definition) is 5. The molecule has 59 heavy (non-hydrogen) atoms. The lowest BCUT2D eigenvalue weighted by Gasteiger charge is -2.37. The van der Waals surface area contributed by atoms with Gasteiger partial charge in [0.05, 0.1) is 28.4 Å². The quantitative estimate of drug-likeness (QED) is 0.149. The molecule has 0 aliphatic carbocycles. The van der Waals surface area contributed by atoms with Gasteiger partial charge >= 0.3 is 6.09 Å². The SMILES string of the molecule is CC(C)(C)OC(=O)NC[C@@H]1Cc2ccccc2CN1C(=O)c1ccccc1-n1cc(C(=O)N(c2ccccc2)c2ccc(OCc3ccccc3)cc2)c2ccccc21. The van der Waals surface area contributed by atoms with Crippen molar-refractivity contribution in [2.24, 2.45) is 0 Å². The van der Waals surface area contributed by atoms with Crippen LogP contribution in [0.15, 0.2) is 164 Å². The van der Waals surface area contributed by atoms with E-state index < -0.39 is 11.7 Å². The van der Waals surface area contributed by atoms with Crippen LogP contribution < -0.4 is 15.0 Å². The fourth-order valence-electron chi connectivity index (χ4n) is 7.60. The van der Waals surface area contributed by atoms with Crippen molar-refractivity contribution < 1.29 is 23.9 Å². The van der Waals surface area contributed by atoms with Crippen LogP contribution in [0.4, 0.5) is 16.2 Å². The Hall–Kier alpha value is -7.13. The summed E-state index contributed by atoms with van der Waals surface area (Å²) < 4.78 is 13.5. The van der Waals surface area contributed by atoms with Crippen molar-refractivity contribution in [3.63, 3.8) is 0 Å². The molecule has 1 aliphatic rings. The number of amides is 3. The average molecular weight is 783 g/mol. The number of nitrogens with zero attached hydrogens (tertiary/aromatic N) is 3. The third-order valence-corrected chi connectivity index (χ3v) is 10.4. The van der Waals surface area contributed by atoms with E-state index in [-0.39, 0.29) is 24.4 Å². The minimum Gasteiger partial charge on any atom is -0.489 e. The van der Waals surface area contributed by atoms with Gasteiger partial charge in [0.15, 0.2) is 0 Å². The Bertz CT molecular complexity index is 2600. The van der Waals surface area contributed by atoms with Crippen LogP contribution in [0, 0.1) is 0 Å². The summed E-state index contributed by atoms with van der Waals surface area (Å²) in [5.41, 5.74) is 6.35. The zero-order chi connectivity index (χ0) is 40.9. The molecule has 0 fully saturated rings. The van der Waals surface area contributed by atoms with Crippen molar-refractivity contribution >= 4 is 40.2 Å². The topological polar surface area (TPSA) is 93.1 Å². The van der Waals surface area contributed by atoms with Crippen molar-refractivity contribution in [2.45, 2.75) is 52.0 Å². The van der Waals surface area contributed by atoms with Crippen molar-refractivity contribution in [2.75, 3.05) is 11.4 Å². The Kier molecular flexibility index (Phi) is 11.0. The van der Waals surface area contributed by atoms with Gasteiger partial charge in [-0.25, -0.2) is 4.79 Å². The number of ether oxygens (including phenoxy) is 2. The van der Waals surface area contributed by atoms with Crippen LogP contribution in [0.5, 0.6) is 5.75 Å². The summed E-state index contributed by atoms with van der Waals surface area (Å²) in [6, 6.07) is 50.1. The largest absolute Gasteiger partial charge is 0.489 e. The molecule has 0 bridgehead atoms. The smallest absolute Gasteiger partial charge is 0.407 e. The first-order valence-electron chi connectivity index (χ1n) is 19.8. The highest BCUT2D eigenvalue weighted by Crippen LogP contribution is 2.34. The van der Waals surface area contributed by atoms with E-state index in [1.165, 1.54) is 0 Å². The lowest BCUT2D eigenvalue weighted by atomic mass is 9.93. The zero-order valence-corrected chi connectivity index (χ0v) is 33.4. The van der Waals surface area contributed by atoms with Gasteiger partial charge in [-0.2, -0.15) is 0 Å². The first-order valence-corrected chi connectivity index (χ1v) is 19.8. The standard InChI is InChI=1S/C50H46N4O5/c1-50(2,3)59-49(57)51-31-40-30-36-18-10-11-19-37(36)32-52(40)47(55)43-23-13-15-25-46(43)53-33-44(42-22-12-14-24-45(42)53)48(56)54(38-20-8-5-9-21-38)39-26-28-41(29-27-39)58-34-35-16-6-4-7-17-35/h4-29,33,40H,30-32,34H2,1-3H3,(H,51,57)/t40-/m0/s1. The van der Waals surface area contributed by atoms with Crippen molar-refractivity contribution in [3.05, 3.63) is 192 Å². The second kappa shape index (κ2) is 16.8. The Morgan fingerprint density at radius 2 is 1.32 bits per heavy atom. The van der Waals surface area contributed by atoms with Gasteiger partial charge in [0, 0.05) is 36.0 Å². The number of anilines is 2. The predicted molar refractivity (Wildman–Crippen MR) is 231 cm³/mol. The third-order valence-electron chi connectivity index (χ3n) is 10.4. The predicted octanol–water partition coefficient (Wildman–Crippen LogP) is 10.3. The molecule has 9 heteroatoms. The number of aromatic nitrogens is 1. The van der Waals surface area contributed by atoms with Crippen LogP contribution in [0.1, 0.15) is 58.2 Å². The van der Waals surface area contributed by atoms with E-state index in [0.717, 1.165) is 27.6 Å². The number of hydrogen-bond donors (Lipinski definition) is 1. The Morgan fingerprint density at radius 3 is 2.07 bits per heavy atom. The lowest BCUT2D eigenvalue weighted by molar-refractivity contribution is 0.0474. The molecule has 1 N–H and O–H groups in total. The van der Waals surface area contributed by atoms with E-state index in [0.29, 0.717) is 53.5 Å². The van der Waals surface area contributed by atoms with Crippen LogP contribution in [0.2, 0.25) is 0 Å². The van der Waals surface area contributed by atoms with E-state index in [2.05, 4.69) is 11.4 Å². The van der Waals surface area contributed by atoms with Gasteiger partial charge < -0.3 is 24.3 Å². The van der Waals surface area contributed by atoms with Gasteiger partial charge in [0.2, 0.25) is 0 Å². The molecule has 3 amide bonds. The van der Waals surface area contributed by atoms with E-state index >= 15 is 4.79 Å². The highest BCUT2D eigenvalue weighted by atomic mass is 16.6. The number of benzene rings is 6. The van der Waals surface area contributed by atoms with Gasteiger partial charge in [-0.05, 0) is 98.5 Å². The van der Waals surface area contributed by atoms with Crippen LogP contribution in [-0.4, -0.2) is 45.6 Å². The molecule has 0 radical (unpaired) electrons. The van der Waals surface area contributed by atoms with Gasteiger partial charge in [0.25, 0.3) is 11.8 Å². The van der Waals surface area contributed by atoms with E-state index in [1.54, 1.807) is 4.90 Å². The molecular weight excluding hydrogens is 737 g/mol. The molecule has 0 saturated heterocycles. The molecule has 0 saturated carbocycles. The number of rotatable bonds is 10. The Morgan fingerprint density at radius 1 is 0.695 bits per heavy atom. The summed E-state index contributed by atoms with van der Waals surface area (Å²) in [6.45, 7) is 6.49. The molecule has 1 atom stereocenters. The third kappa shape index (κ3) is 8.60. The second-order valence-electron chi connectivity index (χ2n) is 15.6. The summed E-state index contributed by atoms with van der Waals surface area (Å²) in [7, 11) is 0. The molecule has 0 spiro atoms. The van der Waals surface area contributed by atoms with Crippen molar-refractivity contribution in [1.82, 2.24) is 14.8 Å². The van der Waals surface area contributed by atoms with Crippen LogP contribution in [0.3, 0.4) is 0 Å². The molecule has 6 aromatic carbocycles. The summed E-state index contributed by atoms with van der Waals surface area (Å²) in [4.78, 5) is 46.2. The van der Waals surface area contributed by atoms with Gasteiger partial charge in [-0.1, -0.05) is 103 Å². The fourth-order valence-corrected chi connectivity index (χ4v) is 7.60. The lowest BCUT2D eigenvalue weighted by Crippen LogP contribution is -2.50. The summed E-state index contributed by atoms with van der Waals surface area (Å²) in [6.07, 6.45) is 1.87. The first-order chi connectivity index (χ1) is 28.6. The molecule has 0 unspecified atom stereocenters. The fraction of sp³-hybridized carbons (Fsp3) is 0.180. The monoisotopic (exact) mass is 782 g/mol. The summed E-state index contributed by atoms with van der Waals surface area (Å²) in [5.74, 6) is 0.280. The van der Waals surface area contributed by atoms with E-state index in [1.807, 2.05) is 188 Å². The molecule has 9 nitrogen and oxygen atoms in total. The molecular formula is C50H46N4O5. The first kappa shape index (κ1) is 38.7. The van der Waals surface area contributed by atoms with Crippen LogP contribution >= 0.6 is 0 Å². The Labute approximate surface area is 344 Å². The number of carbonyl (C=O) groups excluding carboxylic acids is 3. The maximum atomic E-state index is 15.0. The number of para-hydroxylation sites is 3. The van der Waals surface area contributed by atoms with Crippen molar-refractivity contribution in [3.8, 4) is 11.4 Å². The summed E-state index contributed by atoms with van der Waals surface area (Å²) in [5, 5.41) is 3.65. The Balaban J connectivity index is 1.13. The maximum absolute atomic E-state index is 15.0. The van der Waals surface area contributed by atoms with Crippen LogP contribution in [0.25, 0.3) is 16.6 Å². The molecule has 1 aromatic heterocycles. The average Bonchev–Trinajstić information content (AvgIpc) is 3.65. The second-order valence-corrected chi connectivity index (χ2v) is 15.6. The van der Waals surface area contributed by atoms with Gasteiger partial charge in [-0.15, -0.1) is 0 Å². The number of carbonyl (C=O) groups is 3. The summed E-state index contributed by atoms with van der Waals surface area (Å²) >= 11 is 0. The van der Waals surface area contributed by atoms with E-state index in [4.69, 9.17) is 9.47 Å². The number of nitrogens with one attached hydrogen (secondary N) is 1. The molecule has 1 aliphatic heterocycles. The minimum absolute atomic E-state index is 0.183. The normalized spacial score (nSPS) is 13.7. The highest BCUT2D eigenvalue weighted by Gasteiger charge is 2.33. The molecule has 296 valence electrons. The zero-order valence-electron chi connectivity index (χ0n) is 33.4. The molecule has 7 aromatic rings. The van der Waals surface area contributed by atoms with Crippen molar-refractivity contribution in [1.29, 1.82) is 0 Å².